The highest BCUT2D eigenvalue weighted by Gasteiger charge is 2.01. The zero-order chi connectivity index (χ0) is 5.86. The molecule has 0 N–H and O–H groups in total. The largest absolute Gasteiger partial charge is 0.265 e. The van der Waals surface area contributed by atoms with Crippen molar-refractivity contribution in [1.82, 2.24) is 0 Å². The maximum atomic E-state index is 9.61. The van der Waals surface area contributed by atoms with Crippen molar-refractivity contribution in [3.05, 3.63) is 10.1 Å². The fourth-order valence-electron chi connectivity index (χ4n) is 0.205. The van der Waals surface area contributed by atoms with Crippen molar-refractivity contribution in [2.24, 2.45) is 0 Å². The van der Waals surface area contributed by atoms with E-state index in [9.17, 15) is 10.1 Å². The molecule has 7 heavy (non-hydrogen) atoms. The Labute approximate surface area is 55.4 Å². The molecule has 0 aliphatic heterocycles. The Morgan fingerprint density at radius 1 is 2.00 bits per heavy atom. The van der Waals surface area contributed by atoms with E-state index in [-0.39, 0.29) is 15.4 Å². The van der Waals surface area contributed by atoms with E-state index in [0.717, 1.165) is 0 Å². The average Bonchev–Trinajstić information content (AvgIpc) is 1.27. The SMILES string of the molecule is CC(I)C[N+](=O)[O-]. The van der Waals surface area contributed by atoms with Crippen molar-refractivity contribution < 1.29 is 4.92 Å². The molecule has 1 atom stereocenters. The Balaban J connectivity index is 3.13. The van der Waals surface area contributed by atoms with Gasteiger partial charge in [-0.3, -0.25) is 10.1 Å². The highest BCUT2D eigenvalue weighted by Crippen LogP contribution is 1.96. The fraction of sp³-hybridized carbons (Fsp3) is 1.00. The first-order valence-corrected chi connectivity index (χ1v) is 3.13. The van der Waals surface area contributed by atoms with Crippen LogP contribution in [-0.2, 0) is 0 Å². The Kier molecular flexibility index (Phi) is 3.23. The van der Waals surface area contributed by atoms with E-state index in [1.807, 2.05) is 29.5 Å². The molecule has 0 rings (SSSR count). The third-order valence-electron chi connectivity index (χ3n) is 0.401. The van der Waals surface area contributed by atoms with Crippen LogP contribution in [0, 0.1) is 10.1 Å². The molecule has 0 spiro atoms. The molecule has 0 saturated heterocycles. The van der Waals surface area contributed by atoms with E-state index in [2.05, 4.69) is 0 Å². The summed E-state index contributed by atoms with van der Waals surface area (Å²) in [5.74, 6) is 0. The Morgan fingerprint density at radius 2 is 2.43 bits per heavy atom. The molecule has 0 heterocycles. The molecule has 0 aliphatic carbocycles. The molecule has 0 aromatic heterocycles. The van der Waals surface area contributed by atoms with Gasteiger partial charge in [-0.15, -0.1) is 0 Å². The quantitative estimate of drug-likeness (QED) is 0.299. The summed E-state index contributed by atoms with van der Waals surface area (Å²) in [6, 6.07) is 0. The summed E-state index contributed by atoms with van der Waals surface area (Å²) < 4.78 is 0.146. The Hall–Kier alpha value is 0.130. The normalized spacial score (nSPS) is 13.4. The van der Waals surface area contributed by atoms with Gasteiger partial charge in [0.2, 0.25) is 6.54 Å². The van der Waals surface area contributed by atoms with Gasteiger partial charge in [0.05, 0.1) is 3.92 Å². The van der Waals surface area contributed by atoms with Gasteiger partial charge in [0.15, 0.2) is 0 Å². The third-order valence-corrected chi connectivity index (χ3v) is 0.795. The summed E-state index contributed by atoms with van der Waals surface area (Å²) in [5.41, 5.74) is 0. The lowest BCUT2D eigenvalue weighted by atomic mass is 10.5. The van der Waals surface area contributed by atoms with Gasteiger partial charge in [0.1, 0.15) is 0 Å². The molecule has 0 saturated carbocycles. The molecule has 4 heteroatoms. The first kappa shape index (κ1) is 7.13. The second-order valence-electron chi connectivity index (χ2n) is 1.30. The number of alkyl halides is 1. The van der Waals surface area contributed by atoms with Crippen LogP contribution in [0.15, 0.2) is 0 Å². The molecular weight excluding hydrogens is 209 g/mol. The van der Waals surface area contributed by atoms with Crippen LogP contribution in [0.4, 0.5) is 0 Å². The van der Waals surface area contributed by atoms with Gasteiger partial charge in [-0.05, 0) is 6.92 Å². The van der Waals surface area contributed by atoms with E-state index < -0.39 is 0 Å². The lowest BCUT2D eigenvalue weighted by Gasteiger charge is -1.90. The molecule has 0 bridgehead atoms. The van der Waals surface area contributed by atoms with Gasteiger partial charge in [0.25, 0.3) is 0 Å². The first-order valence-electron chi connectivity index (χ1n) is 1.89. The lowest BCUT2D eigenvalue weighted by molar-refractivity contribution is -0.477. The van der Waals surface area contributed by atoms with Crippen molar-refractivity contribution >= 4 is 22.6 Å². The standard InChI is InChI=1S/C3H6INO2/c1-3(4)2-5(6)7/h3H,2H2,1H3. The van der Waals surface area contributed by atoms with Crippen LogP contribution in [0.3, 0.4) is 0 Å². The van der Waals surface area contributed by atoms with Gasteiger partial charge < -0.3 is 0 Å². The molecule has 0 amide bonds. The van der Waals surface area contributed by atoms with Crippen LogP contribution in [0.2, 0.25) is 0 Å². The molecule has 0 radical (unpaired) electrons. The highest BCUT2D eigenvalue weighted by atomic mass is 127. The van der Waals surface area contributed by atoms with Crippen LogP contribution in [0.1, 0.15) is 6.92 Å². The smallest absolute Gasteiger partial charge is 0.215 e. The van der Waals surface area contributed by atoms with E-state index in [1.165, 1.54) is 0 Å². The van der Waals surface area contributed by atoms with Gasteiger partial charge in [-0.2, -0.15) is 0 Å². The zero-order valence-electron chi connectivity index (χ0n) is 3.93. The van der Waals surface area contributed by atoms with Crippen LogP contribution in [0.25, 0.3) is 0 Å². The van der Waals surface area contributed by atoms with E-state index in [0.29, 0.717) is 0 Å². The first-order chi connectivity index (χ1) is 3.13. The van der Waals surface area contributed by atoms with Crippen LogP contribution < -0.4 is 0 Å². The molecule has 0 aromatic rings. The van der Waals surface area contributed by atoms with Crippen molar-refractivity contribution in [1.29, 1.82) is 0 Å². The number of halogens is 1. The molecule has 0 fully saturated rings. The van der Waals surface area contributed by atoms with Crippen LogP contribution >= 0.6 is 22.6 Å². The highest BCUT2D eigenvalue weighted by molar-refractivity contribution is 14.1. The maximum Gasteiger partial charge on any atom is 0.215 e. The van der Waals surface area contributed by atoms with E-state index in [4.69, 9.17) is 0 Å². The number of hydrogen-bond acceptors (Lipinski definition) is 2. The van der Waals surface area contributed by atoms with Gasteiger partial charge in [-0.1, -0.05) is 22.6 Å². The van der Waals surface area contributed by atoms with Crippen molar-refractivity contribution in [2.45, 2.75) is 10.8 Å². The minimum absolute atomic E-state index is 0.0700. The van der Waals surface area contributed by atoms with Crippen LogP contribution in [0.5, 0.6) is 0 Å². The fourth-order valence-corrected chi connectivity index (χ4v) is 0.527. The minimum Gasteiger partial charge on any atom is -0.265 e. The number of hydrogen-bond donors (Lipinski definition) is 0. The summed E-state index contributed by atoms with van der Waals surface area (Å²) in [4.78, 5) is 9.30. The summed E-state index contributed by atoms with van der Waals surface area (Å²) in [7, 11) is 0. The molecule has 1 unspecified atom stereocenters. The molecule has 3 nitrogen and oxygen atoms in total. The maximum absolute atomic E-state index is 9.61. The average molecular weight is 215 g/mol. The number of nitro groups is 1. The summed E-state index contributed by atoms with van der Waals surface area (Å²) in [5, 5.41) is 9.61. The summed E-state index contributed by atoms with van der Waals surface area (Å²) in [6.07, 6.45) is 0. The van der Waals surface area contributed by atoms with Crippen molar-refractivity contribution in [2.75, 3.05) is 6.54 Å². The molecule has 0 aromatic carbocycles. The third kappa shape index (κ3) is 6.13. The van der Waals surface area contributed by atoms with Gasteiger partial charge in [-0.25, -0.2) is 0 Å². The second kappa shape index (κ2) is 3.17. The van der Waals surface area contributed by atoms with Crippen molar-refractivity contribution in [3.8, 4) is 0 Å². The molecule has 0 aliphatic rings. The second-order valence-corrected chi connectivity index (χ2v) is 3.42. The van der Waals surface area contributed by atoms with Gasteiger partial charge >= 0.3 is 0 Å². The molecule has 42 valence electrons. The minimum atomic E-state index is -0.308. The summed E-state index contributed by atoms with van der Waals surface area (Å²) in [6.45, 7) is 1.88. The van der Waals surface area contributed by atoms with Gasteiger partial charge in [0, 0.05) is 4.92 Å². The van der Waals surface area contributed by atoms with Crippen molar-refractivity contribution in [3.63, 3.8) is 0 Å². The predicted octanol–water partition coefficient (Wildman–Crippen LogP) is 1.09. The summed E-state index contributed by atoms with van der Waals surface area (Å²) >= 11 is 2.02. The Bertz CT molecular complexity index is 73.3. The van der Waals surface area contributed by atoms with E-state index >= 15 is 0 Å². The zero-order valence-corrected chi connectivity index (χ0v) is 6.08. The number of rotatable bonds is 2. The molecular formula is C3H6INO2. The van der Waals surface area contributed by atoms with E-state index in [1.54, 1.807) is 0 Å². The Morgan fingerprint density at radius 3 is 2.43 bits per heavy atom. The topological polar surface area (TPSA) is 43.1 Å². The number of nitrogens with zero attached hydrogens (tertiary/aromatic N) is 1. The predicted molar refractivity (Wildman–Crippen MR) is 35.3 cm³/mol. The monoisotopic (exact) mass is 215 g/mol. The lowest BCUT2D eigenvalue weighted by Crippen LogP contribution is -2.08. The van der Waals surface area contributed by atoms with Crippen LogP contribution in [-0.4, -0.2) is 15.4 Å².